The van der Waals surface area contributed by atoms with Gasteiger partial charge in [-0.1, -0.05) is 65.7 Å². The third kappa shape index (κ3) is 7.46. The minimum atomic E-state index is 0.370. The number of rotatable bonds is 11. The Hall–Kier alpha value is -2.20. The topological polar surface area (TPSA) is 30.5 Å². The van der Waals surface area contributed by atoms with Gasteiger partial charge in [-0.25, -0.2) is 0 Å². The van der Waals surface area contributed by atoms with Gasteiger partial charge in [-0.2, -0.15) is 0 Å². The second-order valence-corrected chi connectivity index (χ2v) is 8.41. The van der Waals surface area contributed by atoms with E-state index in [-0.39, 0.29) is 0 Å². The van der Waals surface area contributed by atoms with E-state index >= 15 is 0 Å². The van der Waals surface area contributed by atoms with E-state index in [1.54, 1.807) is 0 Å². The van der Waals surface area contributed by atoms with Crippen molar-refractivity contribution in [2.24, 2.45) is 0 Å². The van der Waals surface area contributed by atoms with Crippen LogP contribution in [0.4, 0.5) is 0 Å². The van der Waals surface area contributed by atoms with Crippen LogP contribution in [0.5, 0.6) is 11.5 Å². The number of hydrogen-bond acceptors (Lipinski definition) is 3. The molecule has 0 fully saturated rings. The molecule has 3 nitrogen and oxygen atoms in total. The Morgan fingerprint density at radius 3 is 2.39 bits per heavy atom. The molecular formula is C26H29Cl2NO2. The van der Waals surface area contributed by atoms with Crippen molar-refractivity contribution in [2.75, 3.05) is 6.61 Å². The predicted octanol–water partition coefficient (Wildman–Crippen LogP) is 7.08. The Labute approximate surface area is 195 Å². The molecule has 164 valence electrons. The van der Waals surface area contributed by atoms with E-state index < -0.39 is 0 Å². The quantitative estimate of drug-likeness (QED) is 0.333. The highest BCUT2D eigenvalue weighted by molar-refractivity contribution is 6.32. The maximum Gasteiger partial charge on any atom is 0.180 e. The Balaban J connectivity index is 1.60. The first-order chi connectivity index (χ1) is 15.0. The molecule has 0 aromatic heterocycles. The summed E-state index contributed by atoms with van der Waals surface area (Å²) in [6, 6.07) is 22.5. The molecule has 0 saturated heterocycles. The molecule has 1 atom stereocenters. The molecule has 5 heteroatoms. The maximum atomic E-state index is 6.57. The van der Waals surface area contributed by atoms with Crippen molar-refractivity contribution in [3.8, 4) is 11.5 Å². The lowest BCUT2D eigenvalue weighted by molar-refractivity contribution is 0.269. The minimum absolute atomic E-state index is 0.370. The number of nitrogens with one attached hydrogen (secondary N) is 1. The smallest absolute Gasteiger partial charge is 0.180 e. The second kappa shape index (κ2) is 12.0. The number of halogens is 2. The lowest BCUT2D eigenvalue weighted by Crippen LogP contribution is -2.26. The summed E-state index contributed by atoms with van der Waals surface area (Å²) in [5.41, 5.74) is 3.40. The Kier molecular flexibility index (Phi) is 9.08. The number of aryl methyl sites for hydroxylation is 1. The molecule has 1 unspecified atom stereocenters. The highest BCUT2D eigenvalue weighted by Gasteiger charge is 2.14. The molecule has 0 aliphatic rings. The van der Waals surface area contributed by atoms with Crippen LogP contribution in [0.15, 0.2) is 66.7 Å². The van der Waals surface area contributed by atoms with Gasteiger partial charge in [-0.05, 0) is 67.6 Å². The average Bonchev–Trinajstić information content (AvgIpc) is 2.76. The van der Waals surface area contributed by atoms with Gasteiger partial charge < -0.3 is 14.8 Å². The van der Waals surface area contributed by atoms with Crippen molar-refractivity contribution in [3.63, 3.8) is 0 Å². The average molecular weight is 458 g/mol. The lowest BCUT2D eigenvalue weighted by Gasteiger charge is -2.17. The summed E-state index contributed by atoms with van der Waals surface area (Å²) in [4.78, 5) is 0. The van der Waals surface area contributed by atoms with Crippen LogP contribution < -0.4 is 14.8 Å². The summed E-state index contributed by atoms with van der Waals surface area (Å²) in [5, 5.41) is 4.80. The van der Waals surface area contributed by atoms with Crippen molar-refractivity contribution < 1.29 is 9.47 Å². The zero-order chi connectivity index (χ0) is 22.1. The molecule has 3 aromatic rings. The summed E-state index contributed by atoms with van der Waals surface area (Å²) in [5.74, 6) is 1.22. The summed E-state index contributed by atoms with van der Waals surface area (Å²) >= 11 is 12.6. The third-order valence-corrected chi connectivity index (χ3v) is 5.52. The van der Waals surface area contributed by atoms with Gasteiger partial charge in [0.1, 0.15) is 6.61 Å². The van der Waals surface area contributed by atoms with E-state index in [0.717, 1.165) is 24.0 Å². The molecule has 0 aliphatic heterocycles. The Morgan fingerprint density at radius 1 is 0.871 bits per heavy atom. The molecule has 0 spiro atoms. The molecule has 0 saturated carbocycles. The fourth-order valence-corrected chi connectivity index (χ4v) is 3.83. The van der Waals surface area contributed by atoms with Gasteiger partial charge in [0.25, 0.3) is 0 Å². The van der Waals surface area contributed by atoms with E-state index in [0.29, 0.717) is 47.3 Å². The van der Waals surface area contributed by atoms with Crippen LogP contribution in [0.3, 0.4) is 0 Å². The molecule has 0 bridgehead atoms. The monoisotopic (exact) mass is 457 g/mol. The SMILES string of the molecule is CCOc1cc(CNC(C)CCc2ccccc2)cc(Cl)c1OCc1cccc(Cl)c1. The number of benzene rings is 3. The van der Waals surface area contributed by atoms with Crippen molar-refractivity contribution in [1.29, 1.82) is 0 Å². The van der Waals surface area contributed by atoms with Gasteiger partial charge in [-0.15, -0.1) is 0 Å². The Morgan fingerprint density at radius 2 is 1.65 bits per heavy atom. The normalized spacial score (nSPS) is 11.9. The van der Waals surface area contributed by atoms with E-state index in [2.05, 4.69) is 36.5 Å². The number of hydrogen-bond donors (Lipinski definition) is 1. The van der Waals surface area contributed by atoms with Gasteiger partial charge in [0, 0.05) is 17.6 Å². The van der Waals surface area contributed by atoms with Crippen LogP contribution in [0.2, 0.25) is 10.0 Å². The van der Waals surface area contributed by atoms with Crippen molar-refractivity contribution in [2.45, 2.75) is 45.9 Å². The molecule has 0 aliphatic carbocycles. The zero-order valence-electron chi connectivity index (χ0n) is 18.0. The van der Waals surface area contributed by atoms with E-state index in [4.69, 9.17) is 32.7 Å². The summed E-state index contributed by atoms with van der Waals surface area (Å²) < 4.78 is 11.8. The van der Waals surface area contributed by atoms with Crippen LogP contribution in [0.25, 0.3) is 0 Å². The van der Waals surface area contributed by atoms with Crippen LogP contribution >= 0.6 is 23.2 Å². The predicted molar refractivity (Wildman–Crippen MR) is 129 cm³/mol. The molecule has 31 heavy (non-hydrogen) atoms. The fraction of sp³-hybridized carbons (Fsp3) is 0.308. The highest BCUT2D eigenvalue weighted by Crippen LogP contribution is 2.37. The third-order valence-electron chi connectivity index (χ3n) is 5.00. The van der Waals surface area contributed by atoms with Crippen molar-refractivity contribution in [1.82, 2.24) is 5.32 Å². The summed E-state index contributed by atoms with van der Waals surface area (Å²) in [7, 11) is 0. The van der Waals surface area contributed by atoms with Crippen molar-refractivity contribution >= 4 is 23.2 Å². The molecule has 0 heterocycles. The fourth-order valence-electron chi connectivity index (χ4n) is 3.33. The van der Waals surface area contributed by atoms with E-state index in [1.807, 2.05) is 49.4 Å². The Bertz CT molecular complexity index is 963. The molecule has 3 rings (SSSR count). The summed E-state index contributed by atoms with van der Waals surface area (Å²) in [6.45, 7) is 5.77. The van der Waals surface area contributed by atoms with Gasteiger partial charge in [0.05, 0.1) is 11.6 Å². The largest absolute Gasteiger partial charge is 0.490 e. The first-order valence-corrected chi connectivity index (χ1v) is 11.4. The van der Waals surface area contributed by atoms with Crippen LogP contribution in [-0.4, -0.2) is 12.6 Å². The maximum absolute atomic E-state index is 6.57. The van der Waals surface area contributed by atoms with Gasteiger partial charge in [0.2, 0.25) is 0 Å². The minimum Gasteiger partial charge on any atom is -0.490 e. The standard InChI is InChI=1S/C26H29Cl2NO2/c1-3-30-25-16-22(17-29-19(2)12-13-20-8-5-4-6-9-20)15-24(28)26(25)31-18-21-10-7-11-23(27)14-21/h4-11,14-16,19,29H,3,12-13,17-18H2,1-2H3. The van der Waals surface area contributed by atoms with Gasteiger partial charge in [-0.3, -0.25) is 0 Å². The molecule has 0 amide bonds. The number of ether oxygens (including phenoxy) is 2. The molecular weight excluding hydrogens is 429 g/mol. The summed E-state index contributed by atoms with van der Waals surface area (Å²) in [6.07, 6.45) is 2.12. The van der Waals surface area contributed by atoms with Crippen molar-refractivity contribution in [3.05, 3.63) is 93.5 Å². The van der Waals surface area contributed by atoms with Crippen LogP contribution in [0.1, 0.15) is 37.0 Å². The molecule has 0 radical (unpaired) electrons. The molecule has 1 N–H and O–H groups in total. The van der Waals surface area contributed by atoms with E-state index in [1.165, 1.54) is 5.56 Å². The second-order valence-electron chi connectivity index (χ2n) is 7.56. The van der Waals surface area contributed by atoms with Gasteiger partial charge >= 0.3 is 0 Å². The lowest BCUT2D eigenvalue weighted by atomic mass is 10.1. The van der Waals surface area contributed by atoms with E-state index in [9.17, 15) is 0 Å². The first kappa shape index (κ1) is 23.5. The highest BCUT2D eigenvalue weighted by atomic mass is 35.5. The first-order valence-electron chi connectivity index (χ1n) is 10.6. The van der Waals surface area contributed by atoms with Crippen LogP contribution in [-0.2, 0) is 19.6 Å². The zero-order valence-corrected chi connectivity index (χ0v) is 19.5. The molecule has 3 aromatic carbocycles. The van der Waals surface area contributed by atoms with Gasteiger partial charge in [0.15, 0.2) is 11.5 Å². The van der Waals surface area contributed by atoms with Crippen LogP contribution in [0, 0.1) is 0 Å².